The molecule has 0 aromatic carbocycles. The van der Waals surface area contributed by atoms with Gasteiger partial charge in [-0.15, -0.1) is 0 Å². The molecule has 0 saturated heterocycles. The number of nitrogens with one attached hydrogen (secondary N) is 1. The molecule has 0 aliphatic heterocycles. The molecule has 10 heavy (non-hydrogen) atoms. The van der Waals surface area contributed by atoms with Crippen molar-refractivity contribution in [2.75, 3.05) is 0 Å². The van der Waals surface area contributed by atoms with E-state index in [4.69, 9.17) is 5.21 Å². The van der Waals surface area contributed by atoms with E-state index in [9.17, 15) is 4.91 Å². The van der Waals surface area contributed by atoms with Crippen LogP contribution in [-0.4, -0.2) is 45.6 Å². The van der Waals surface area contributed by atoms with Gasteiger partial charge in [0, 0.05) is 0 Å². The zero-order valence-corrected chi connectivity index (χ0v) is 6.68. The Morgan fingerprint density at radius 1 is 1.70 bits per heavy atom. The molecule has 0 aliphatic rings. The first kappa shape index (κ1) is 8.99. The fraction of sp³-hybridized carbons (Fsp3) is 0. The number of aromatic nitrogens is 4. The van der Waals surface area contributed by atoms with Crippen molar-refractivity contribution in [3.05, 3.63) is 4.91 Å². The van der Waals surface area contributed by atoms with Crippen LogP contribution in [0.3, 0.4) is 0 Å². The van der Waals surface area contributed by atoms with Gasteiger partial charge in [-0.2, -0.15) is 0 Å². The Balaban J connectivity index is 0.000000810. The number of tetrazole rings is 1. The van der Waals surface area contributed by atoms with Gasteiger partial charge in [0.1, 0.15) is 0 Å². The summed E-state index contributed by atoms with van der Waals surface area (Å²) in [5.41, 5.74) is 0. The van der Waals surface area contributed by atoms with Gasteiger partial charge in [0.05, 0.1) is 0 Å². The molecule has 0 atom stereocenters. The maximum absolute atomic E-state index is 9.90. The molecule has 1 radical (unpaired) electrons. The van der Waals surface area contributed by atoms with E-state index in [0.717, 1.165) is 0 Å². The van der Waals surface area contributed by atoms with Crippen molar-refractivity contribution in [1.29, 1.82) is 0 Å². The number of nitrogens with zero attached hydrogens (tertiary/aromatic N) is 4. The van der Waals surface area contributed by atoms with Gasteiger partial charge in [0.25, 0.3) is 0 Å². The number of rotatable bonds is 2. The van der Waals surface area contributed by atoms with Crippen LogP contribution in [0.5, 0.6) is 0 Å². The molecule has 1 heterocycles. The van der Waals surface area contributed by atoms with Crippen LogP contribution in [-0.2, 0) is 0 Å². The van der Waals surface area contributed by atoms with Crippen molar-refractivity contribution < 1.29 is 9.05 Å². The standard InChI is InChI=1S/CH2AsN5O2.H3N/c8-7(9)2-1-3-5-6-4-1;/h(H,8,9)(H,3,4,5,6);1H3/q+1;. The molecular weight excluding hydrogens is 203 g/mol. The minimum absolute atomic E-state index is 0. The summed E-state index contributed by atoms with van der Waals surface area (Å²) in [6, 6.07) is 0. The van der Waals surface area contributed by atoms with Gasteiger partial charge in [0.15, 0.2) is 0 Å². The molecule has 0 fully saturated rings. The monoisotopic (exact) mass is 208 g/mol. The molecule has 0 spiro atoms. The number of hydrogen-bond acceptors (Lipinski definition) is 5. The topological polar surface area (TPSA) is 130 Å². The van der Waals surface area contributed by atoms with E-state index in [1.165, 1.54) is 0 Å². The van der Waals surface area contributed by atoms with Crippen molar-refractivity contribution in [2.24, 2.45) is 0 Å². The molecule has 1 aromatic heterocycles. The first-order chi connectivity index (χ1) is 4.29. The average Bonchev–Trinajstić information content (AvgIpc) is 2.15. The van der Waals surface area contributed by atoms with E-state index in [1.54, 1.807) is 0 Å². The maximum atomic E-state index is 9.90. The molecule has 0 amide bonds. The van der Waals surface area contributed by atoms with Gasteiger partial charge in [-0.1, -0.05) is 0 Å². The third kappa shape index (κ3) is 2.51. The Bertz CT molecular complexity index is 196. The average molecular weight is 208 g/mol. The van der Waals surface area contributed by atoms with E-state index in [1.807, 2.05) is 0 Å². The molecule has 5 N–H and O–H groups in total. The van der Waals surface area contributed by atoms with Gasteiger partial charge in [0.2, 0.25) is 0 Å². The summed E-state index contributed by atoms with van der Waals surface area (Å²) in [5.74, 6) is 0. The molecule has 9 heteroatoms. The number of hydrogen-bond donors (Lipinski definition) is 3. The second kappa shape index (κ2) is 3.91. The summed E-state index contributed by atoms with van der Waals surface area (Å²) in [4.78, 5) is 9.90. The third-order valence-corrected chi connectivity index (χ3v) is 1.64. The normalized spacial score (nSPS) is 9.60. The summed E-state index contributed by atoms with van der Waals surface area (Å²) in [7, 11) is 0. The van der Waals surface area contributed by atoms with Crippen LogP contribution < -0.4 is 10.8 Å². The quantitative estimate of drug-likeness (QED) is 0.372. The Morgan fingerprint density at radius 3 is 2.80 bits per heavy atom. The number of H-pyrrole nitrogens is 1. The Morgan fingerprint density at radius 2 is 2.40 bits per heavy atom. The minimum atomic E-state index is -1.04. The zero-order chi connectivity index (χ0) is 6.69. The van der Waals surface area contributed by atoms with Crippen LogP contribution in [0.25, 0.3) is 0 Å². The van der Waals surface area contributed by atoms with Crippen LogP contribution in [0.2, 0.25) is 0 Å². The van der Waals surface area contributed by atoms with Gasteiger partial charge < -0.3 is 6.15 Å². The van der Waals surface area contributed by atoms with Gasteiger partial charge in [-0.05, 0) is 0 Å². The van der Waals surface area contributed by atoms with Crippen molar-refractivity contribution in [3.63, 3.8) is 0 Å². The molecule has 8 nitrogen and oxygen atoms in total. The van der Waals surface area contributed by atoms with Crippen LogP contribution in [0.1, 0.15) is 0 Å². The van der Waals surface area contributed by atoms with Crippen molar-refractivity contribution >= 4 is 20.6 Å². The van der Waals surface area contributed by atoms with Crippen molar-refractivity contribution in [1.82, 2.24) is 26.8 Å². The van der Waals surface area contributed by atoms with Gasteiger partial charge >= 0.3 is 55.2 Å². The van der Waals surface area contributed by atoms with Gasteiger partial charge in [-0.25, -0.2) is 0 Å². The summed E-state index contributed by atoms with van der Waals surface area (Å²) in [6.07, 6.45) is 0. The predicted octanol–water partition coefficient (Wildman–Crippen LogP) is -2.23. The van der Waals surface area contributed by atoms with Crippen LogP contribution in [0, 0.1) is 4.91 Å². The Kier molecular flexibility index (Phi) is 3.51. The first-order valence-corrected chi connectivity index (χ1v) is 3.68. The fourth-order valence-electron chi connectivity index (χ4n) is 0.275. The van der Waals surface area contributed by atoms with Crippen LogP contribution >= 0.6 is 0 Å². The fourth-order valence-corrected chi connectivity index (χ4v) is 0.962. The second-order valence-corrected chi connectivity index (χ2v) is 3.04. The van der Waals surface area contributed by atoms with Crippen LogP contribution in [0.4, 0.5) is 0 Å². The molecule has 0 aliphatic carbocycles. The Hall–Kier alpha value is -1.01. The van der Waals surface area contributed by atoms with E-state index < -0.39 is 16.0 Å². The molecule has 0 saturated carbocycles. The van der Waals surface area contributed by atoms with Crippen molar-refractivity contribution in [3.8, 4) is 0 Å². The summed E-state index contributed by atoms with van der Waals surface area (Å²) >= 11 is -1.04. The van der Waals surface area contributed by atoms with E-state index in [2.05, 4.69) is 20.6 Å². The van der Waals surface area contributed by atoms with E-state index in [0.29, 0.717) is 0 Å². The summed E-state index contributed by atoms with van der Waals surface area (Å²) in [5, 5.41) is 20.4. The summed E-state index contributed by atoms with van der Waals surface area (Å²) in [6.45, 7) is 0. The summed E-state index contributed by atoms with van der Waals surface area (Å²) < 4.78 is 0.0743. The molecule has 55 valence electrons. The molecular formula is CH5AsN6O2+. The van der Waals surface area contributed by atoms with E-state index in [-0.39, 0.29) is 14.6 Å². The third-order valence-electron chi connectivity index (χ3n) is 0.509. The SMILES string of the molecule is N.O=[N+](O)[As]c1nn[nH]n1. The number of aromatic amines is 1. The first-order valence-electron chi connectivity index (χ1n) is 1.90. The molecule has 1 aromatic rings. The molecule has 0 bridgehead atoms. The second-order valence-electron chi connectivity index (χ2n) is 1.06. The van der Waals surface area contributed by atoms with Crippen LogP contribution in [0.15, 0.2) is 0 Å². The molecule has 1 rings (SSSR count). The van der Waals surface area contributed by atoms with Crippen molar-refractivity contribution in [2.45, 2.75) is 0 Å². The van der Waals surface area contributed by atoms with Gasteiger partial charge in [-0.3, -0.25) is 0 Å². The zero-order valence-electron chi connectivity index (χ0n) is 4.80. The Labute approximate surface area is 62.0 Å². The molecule has 0 unspecified atom stereocenters. The van der Waals surface area contributed by atoms with E-state index >= 15 is 0 Å². The predicted molar refractivity (Wildman–Crippen MR) is 30.0 cm³/mol.